The molecule has 2 heterocycles. The van der Waals surface area contributed by atoms with E-state index in [1.165, 1.54) is 12.1 Å². The Hall–Kier alpha value is -4.13. The summed E-state index contributed by atoms with van der Waals surface area (Å²) in [6, 6.07) is 18.3. The first-order valence-electron chi connectivity index (χ1n) is 13.2. The van der Waals surface area contributed by atoms with Crippen molar-refractivity contribution in [2.45, 2.75) is 53.2 Å². The Labute approximate surface area is 228 Å². The van der Waals surface area contributed by atoms with Gasteiger partial charge in [0.25, 0.3) is 0 Å². The van der Waals surface area contributed by atoms with Crippen LogP contribution in [0.4, 0.5) is 4.39 Å². The van der Waals surface area contributed by atoms with E-state index in [4.69, 9.17) is 9.47 Å². The first-order valence-corrected chi connectivity index (χ1v) is 13.2. The highest BCUT2D eigenvalue weighted by Crippen LogP contribution is 2.35. The van der Waals surface area contributed by atoms with Gasteiger partial charge in [0.15, 0.2) is 0 Å². The van der Waals surface area contributed by atoms with E-state index in [-0.39, 0.29) is 11.8 Å². The summed E-state index contributed by atoms with van der Waals surface area (Å²) in [5, 5.41) is 7.25. The first kappa shape index (κ1) is 26.5. The fourth-order valence-corrected chi connectivity index (χ4v) is 5.18. The molecule has 0 aliphatic carbocycles. The van der Waals surface area contributed by atoms with Crippen LogP contribution in [0.25, 0.3) is 32.8 Å². The number of carbonyl (C=O) groups excluding carboxylic acids is 1. The van der Waals surface area contributed by atoms with Crippen LogP contribution in [0.15, 0.2) is 60.7 Å². The third-order valence-electron chi connectivity index (χ3n) is 6.89. The SMILES string of the molecule is Cc1nn(C)c(C)c1-c1cccc2cc(C(=O)OC(C)(C)C)n(CCCOc3cccc4cc(F)ccc34)c12. The number of rotatable bonds is 7. The van der Waals surface area contributed by atoms with Crippen LogP contribution >= 0.6 is 0 Å². The number of nitrogens with zero attached hydrogens (tertiary/aromatic N) is 3. The van der Waals surface area contributed by atoms with Gasteiger partial charge < -0.3 is 14.0 Å². The zero-order chi connectivity index (χ0) is 27.9. The van der Waals surface area contributed by atoms with Gasteiger partial charge in [0.1, 0.15) is 22.9 Å². The standard InChI is InChI=1S/C32H34FN3O3/c1-20-29(21(2)35(6)34-20)26-12-7-11-23-19-27(31(37)39-32(3,4)5)36(30(23)26)16-9-17-38-28-13-8-10-22-18-24(33)14-15-25(22)28/h7-8,10-15,18-19H,9,16-17H2,1-6H3. The highest BCUT2D eigenvalue weighted by atomic mass is 19.1. The summed E-state index contributed by atoms with van der Waals surface area (Å²) in [7, 11) is 1.94. The highest BCUT2D eigenvalue weighted by molar-refractivity contribution is 6.02. The monoisotopic (exact) mass is 527 g/mol. The minimum atomic E-state index is -0.616. The Balaban J connectivity index is 1.50. The maximum absolute atomic E-state index is 13.7. The lowest BCUT2D eigenvalue weighted by Crippen LogP contribution is -2.25. The molecular weight excluding hydrogens is 493 g/mol. The minimum absolute atomic E-state index is 0.274. The summed E-state index contributed by atoms with van der Waals surface area (Å²) in [5.74, 6) is 0.0736. The number of para-hydroxylation sites is 1. The van der Waals surface area contributed by atoms with E-state index in [1.54, 1.807) is 6.07 Å². The fourth-order valence-electron chi connectivity index (χ4n) is 5.18. The number of halogens is 1. The maximum Gasteiger partial charge on any atom is 0.355 e. The van der Waals surface area contributed by atoms with Crippen molar-refractivity contribution in [3.8, 4) is 16.9 Å². The first-order chi connectivity index (χ1) is 18.5. The highest BCUT2D eigenvalue weighted by Gasteiger charge is 2.25. The van der Waals surface area contributed by atoms with Crippen molar-refractivity contribution in [1.82, 2.24) is 14.3 Å². The van der Waals surface area contributed by atoms with Gasteiger partial charge in [-0.1, -0.05) is 30.3 Å². The van der Waals surface area contributed by atoms with Crippen molar-refractivity contribution in [1.29, 1.82) is 0 Å². The molecule has 0 N–H and O–H groups in total. The molecule has 0 aliphatic heterocycles. The van der Waals surface area contributed by atoms with Gasteiger partial charge in [-0.15, -0.1) is 0 Å². The molecule has 0 aliphatic rings. The van der Waals surface area contributed by atoms with Crippen LogP contribution in [0.2, 0.25) is 0 Å². The average molecular weight is 528 g/mol. The van der Waals surface area contributed by atoms with Gasteiger partial charge in [-0.2, -0.15) is 5.10 Å². The zero-order valence-electron chi connectivity index (χ0n) is 23.3. The average Bonchev–Trinajstić information content (AvgIpc) is 3.36. The van der Waals surface area contributed by atoms with E-state index >= 15 is 0 Å². The van der Waals surface area contributed by atoms with Crippen molar-refractivity contribution < 1.29 is 18.7 Å². The molecule has 202 valence electrons. The lowest BCUT2D eigenvalue weighted by Gasteiger charge is -2.20. The molecule has 0 fully saturated rings. The lowest BCUT2D eigenvalue weighted by atomic mass is 10.0. The van der Waals surface area contributed by atoms with Crippen LogP contribution in [0, 0.1) is 19.7 Å². The Morgan fingerprint density at radius 3 is 2.46 bits per heavy atom. The summed E-state index contributed by atoms with van der Waals surface area (Å²) in [6.07, 6.45) is 0.649. The fraction of sp³-hybridized carbons (Fsp3) is 0.312. The smallest absolute Gasteiger partial charge is 0.355 e. The van der Waals surface area contributed by atoms with Crippen molar-refractivity contribution in [3.63, 3.8) is 0 Å². The number of ether oxygens (including phenoxy) is 2. The van der Waals surface area contributed by atoms with Crippen LogP contribution in [-0.4, -0.2) is 32.5 Å². The summed E-state index contributed by atoms with van der Waals surface area (Å²) in [4.78, 5) is 13.3. The van der Waals surface area contributed by atoms with Crippen molar-refractivity contribution in [2.24, 2.45) is 7.05 Å². The molecule has 7 heteroatoms. The van der Waals surface area contributed by atoms with E-state index in [9.17, 15) is 9.18 Å². The van der Waals surface area contributed by atoms with E-state index in [1.807, 2.05) is 80.4 Å². The number of hydrogen-bond donors (Lipinski definition) is 0. The van der Waals surface area contributed by atoms with E-state index < -0.39 is 5.60 Å². The molecular formula is C32H34FN3O3. The molecule has 5 rings (SSSR count). The van der Waals surface area contributed by atoms with Gasteiger partial charge in [-0.05, 0) is 76.8 Å². The lowest BCUT2D eigenvalue weighted by molar-refractivity contribution is 0.00578. The largest absolute Gasteiger partial charge is 0.493 e. The van der Waals surface area contributed by atoms with Crippen molar-refractivity contribution in [3.05, 3.63) is 83.6 Å². The van der Waals surface area contributed by atoms with Crippen LogP contribution < -0.4 is 4.74 Å². The Morgan fingerprint density at radius 2 is 1.74 bits per heavy atom. The Bertz CT molecular complexity index is 1690. The van der Waals surface area contributed by atoms with Crippen LogP contribution in [0.3, 0.4) is 0 Å². The summed E-state index contributed by atoms with van der Waals surface area (Å²) in [5.41, 5.74) is 4.95. The normalized spacial score (nSPS) is 11.9. The second kappa shape index (κ2) is 10.2. The number of benzene rings is 3. The van der Waals surface area contributed by atoms with Crippen LogP contribution in [0.5, 0.6) is 5.75 Å². The number of aryl methyl sites for hydroxylation is 3. The topological polar surface area (TPSA) is 58.3 Å². The van der Waals surface area contributed by atoms with Gasteiger partial charge in [-0.25, -0.2) is 9.18 Å². The summed E-state index contributed by atoms with van der Waals surface area (Å²) >= 11 is 0. The molecule has 2 aromatic heterocycles. The third kappa shape index (κ3) is 5.26. The Kier molecular flexibility index (Phi) is 6.93. The van der Waals surface area contributed by atoms with Gasteiger partial charge in [0, 0.05) is 41.2 Å². The molecule has 3 aromatic carbocycles. The molecule has 0 radical (unpaired) electrons. The summed E-state index contributed by atoms with van der Waals surface area (Å²) in [6.45, 7) is 10.7. The number of fused-ring (bicyclic) bond motifs is 2. The molecule has 0 saturated carbocycles. The predicted molar refractivity (Wildman–Crippen MR) is 153 cm³/mol. The van der Waals surface area contributed by atoms with Crippen molar-refractivity contribution in [2.75, 3.05) is 6.61 Å². The molecule has 0 saturated heterocycles. The molecule has 39 heavy (non-hydrogen) atoms. The van der Waals surface area contributed by atoms with Crippen LogP contribution in [-0.2, 0) is 18.3 Å². The van der Waals surface area contributed by atoms with Gasteiger partial charge in [0.2, 0.25) is 0 Å². The Morgan fingerprint density at radius 1 is 1.00 bits per heavy atom. The van der Waals surface area contributed by atoms with E-state index in [0.29, 0.717) is 31.0 Å². The zero-order valence-corrected chi connectivity index (χ0v) is 23.3. The third-order valence-corrected chi connectivity index (χ3v) is 6.89. The second-order valence-electron chi connectivity index (χ2n) is 10.9. The van der Waals surface area contributed by atoms with Crippen LogP contribution in [0.1, 0.15) is 49.1 Å². The van der Waals surface area contributed by atoms with E-state index in [2.05, 4.69) is 18.1 Å². The van der Waals surface area contributed by atoms with Gasteiger partial charge in [-0.3, -0.25) is 4.68 Å². The quantitative estimate of drug-likeness (QED) is 0.164. The molecule has 0 unspecified atom stereocenters. The van der Waals surface area contributed by atoms with Gasteiger partial charge in [0.05, 0.1) is 17.8 Å². The summed E-state index contributed by atoms with van der Waals surface area (Å²) < 4.78 is 29.5. The maximum atomic E-state index is 13.7. The molecule has 0 bridgehead atoms. The number of carbonyl (C=O) groups is 1. The molecule has 0 amide bonds. The predicted octanol–water partition coefficient (Wildman–Crippen LogP) is 7.38. The number of aromatic nitrogens is 3. The molecule has 5 aromatic rings. The molecule has 0 atom stereocenters. The number of esters is 1. The van der Waals surface area contributed by atoms with E-state index in [0.717, 1.165) is 44.2 Å². The molecule has 0 spiro atoms. The minimum Gasteiger partial charge on any atom is -0.493 e. The second-order valence-corrected chi connectivity index (χ2v) is 10.9. The van der Waals surface area contributed by atoms with Gasteiger partial charge >= 0.3 is 5.97 Å². The number of hydrogen-bond acceptors (Lipinski definition) is 4. The van der Waals surface area contributed by atoms with Crippen molar-refractivity contribution >= 4 is 27.6 Å². The molecule has 6 nitrogen and oxygen atoms in total.